The molecule has 0 rings (SSSR count). The highest BCUT2D eigenvalue weighted by molar-refractivity contribution is 7.98. The standard InChI is InChI=1S/C15H28N4O6S3/c1-7(20)11(16)14(23)19-10(6-27)13(22)18-9(5-26)12(21)17-8(15(24)25)3-4-28-2/h7-11,20,26-27H,3-6,16H2,1-2H3,(H,17,21)(H,18,22)(H,19,23)(H,24,25). The molecular formula is C15H28N4O6S3. The first-order valence-corrected chi connectivity index (χ1v) is 11.0. The Morgan fingerprint density at radius 2 is 1.39 bits per heavy atom. The van der Waals surface area contributed by atoms with Crippen LogP contribution in [-0.2, 0) is 19.2 Å². The summed E-state index contributed by atoms with van der Waals surface area (Å²) in [5.41, 5.74) is 5.51. The molecule has 0 heterocycles. The van der Waals surface area contributed by atoms with E-state index in [-0.39, 0.29) is 17.9 Å². The zero-order valence-corrected chi connectivity index (χ0v) is 18.2. The van der Waals surface area contributed by atoms with Gasteiger partial charge in [-0.15, -0.1) is 0 Å². The van der Waals surface area contributed by atoms with E-state index in [0.29, 0.717) is 5.75 Å². The average molecular weight is 457 g/mol. The smallest absolute Gasteiger partial charge is 0.326 e. The van der Waals surface area contributed by atoms with Crippen LogP contribution in [0.1, 0.15) is 13.3 Å². The fourth-order valence-electron chi connectivity index (χ4n) is 1.91. The number of carbonyl (C=O) groups excluding carboxylic acids is 3. The van der Waals surface area contributed by atoms with Gasteiger partial charge in [0, 0.05) is 11.5 Å². The molecule has 0 fully saturated rings. The number of nitrogens with two attached hydrogens (primary N) is 1. The van der Waals surface area contributed by atoms with Crippen LogP contribution in [-0.4, -0.2) is 87.7 Å². The van der Waals surface area contributed by atoms with E-state index in [1.807, 2.05) is 6.26 Å². The van der Waals surface area contributed by atoms with Crippen LogP contribution < -0.4 is 21.7 Å². The lowest BCUT2D eigenvalue weighted by Gasteiger charge is -2.24. The minimum atomic E-state index is -1.23. The molecule has 0 aliphatic rings. The number of aliphatic carboxylic acids is 1. The van der Waals surface area contributed by atoms with Crippen molar-refractivity contribution in [1.82, 2.24) is 16.0 Å². The Morgan fingerprint density at radius 3 is 1.75 bits per heavy atom. The molecule has 5 unspecified atom stereocenters. The number of amides is 3. The first kappa shape index (κ1) is 26.9. The molecule has 0 radical (unpaired) electrons. The van der Waals surface area contributed by atoms with Crippen molar-refractivity contribution in [3.05, 3.63) is 0 Å². The summed E-state index contributed by atoms with van der Waals surface area (Å²) in [5, 5.41) is 25.6. The summed E-state index contributed by atoms with van der Waals surface area (Å²) in [6, 6.07) is -4.55. The van der Waals surface area contributed by atoms with Crippen LogP contribution in [0.25, 0.3) is 0 Å². The minimum absolute atomic E-state index is 0.0868. The lowest BCUT2D eigenvalue weighted by atomic mass is 10.1. The topological polar surface area (TPSA) is 171 Å². The number of rotatable bonds is 13. The molecule has 5 atom stereocenters. The Bertz CT molecular complexity index is 552. The maximum atomic E-state index is 12.4. The molecule has 13 heteroatoms. The molecule has 28 heavy (non-hydrogen) atoms. The second kappa shape index (κ2) is 13.9. The number of carboxylic acids is 1. The fourth-order valence-corrected chi connectivity index (χ4v) is 2.90. The molecule has 0 bridgehead atoms. The number of nitrogens with one attached hydrogen (secondary N) is 3. The number of aliphatic hydroxyl groups is 1. The van der Waals surface area contributed by atoms with E-state index in [0.717, 1.165) is 0 Å². The van der Waals surface area contributed by atoms with Gasteiger partial charge in [0.2, 0.25) is 17.7 Å². The molecule has 0 spiro atoms. The van der Waals surface area contributed by atoms with Crippen LogP contribution in [0.5, 0.6) is 0 Å². The summed E-state index contributed by atoms with van der Waals surface area (Å²) in [7, 11) is 0. The molecule has 0 aliphatic carbocycles. The van der Waals surface area contributed by atoms with Crippen LogP contribution in [0.2, 0.25) is 0 Å². The Balaban J connectivity index is 4.95. The van der Waals surface area contributed by atoms with Crippen molar-refractivity contribution in [3.63, 3.8) is 0 Å². The van der Waals surface area contributed by atoms with Gasteiger partial charge in [-0.2, -0.15) is 37.0 Å². The van der Waals surface area contributed by atoms with Crippen LogP contribution in [0.15, 0.2) is 0 Å². The SMILES string of the molecule is CSCCC(NC(=O)C(CS)NC(=O)C(CS)NC(=O)C(N)C(C)O)C(=O)O. The van der Waals surface area contributed by atoms with Crippen molar-refractivity contribution in [2.24, 2.45) is 5.73 Å². The van der Waals surface area contributed by atoms with Gasteiger partial charge in [-0.1, -0.05) is 0 Å². The Kier molecular flexibility index (Phi) is 13.4. The van der Waals surface area contributed by atoms with E-state index >= 15 is 0 Å². The molecule has 0 aromatic heterocycles. The van der Waals surface area contributed by atoms with Crippen LogP contribution in [0, 0.1) is 0 Å². The van der Waals surface area contributed by atoms with E-state index < -0.39 is 54.0 Å². The molecule has 0 saturated carbocycles. The maximum absolute atomic E-state index is 12.4. The highest BCUT2D eigenvalue weighted by atomic mass is 32.2. The van der Waals surface area contributed by atoms with Gasteiger partial charge in [-0.3, -0.25) is 14.4 Å². The average Bonchev–Trinajstić information content (AvgIpc) is 2.65. The number of hydrogen-bond donors (Lipinski definition) is 8. The van der Waals surface area contributed by atoms with Crippen molar-refractivity contribution in [2.75, 3.05) is 23.5 Å². The molecule has 10 nitrogen and oxygen atoms in total. The van der Waals surface area contributed by atoms with Gasteiger partial charge in [-0.05, 0) is 25.4 Å². The number of hydrogen-bond acceptors (Lipinski definition) is 9. The molecule has 0 saturated heterocycles. The highest BCUT2D eigenvalue weighted by Crippen LogP contribution is 2.03. The van der Waals surface area contributed by atoms with Gasteiger partial charge in [0.1, 0.15) is 24.2 Å². The summed E-state index contributed by atoms with van der Waals surface area (Å²) in [6.07, 6.45) is 0.920. The maximum Gasteiger partial charge on any atom is 0.326 e. The predicted molar refractivity (Wildman–Crippen MR) is 114 cm³/mol. The monoisotopic (exact) mass is 456 g/mol. The summed E-state index contributed by atoms with van der Waals surface area (Å²) < 4.78 is 0. The number of carboxylic acid groups (broad SMARTS) is 1. The third-order valence-corrected chi connectivity index (χ3v) is 5.05. The van der Waals surface area contributed by atoms with E-state index in [9.17, 15) is 29.4 Å². The van der Waals surface area contributed by atoms with Crippen molar-refractivity contribution >= 4 is 60.7 Å². The van der Waals surface area contributed by atoms with Crippen LogP contribution in [0.4, 0.5) is 0 Å². The lowest BCUT2D eigenvalue weighted by molar-refractivity contribution is -0.142. The molecular weight excluding hydrogens is 428 g/mol. The molecule has 0 aromatic carbocycles. The molecule has 162 valence electrons. The number of thioether (sulfide) groups is 1. The minimum Gasteiger partial charge on any atom is -0.480 e. The number of thiol groups is 2. The van der Waals surface area contributed by atoms with Crippen molar-refractivity contribution in [1.29, 1.82) is 0 Å². The van der Waals surface area contributed by atoms with Gasteiger partial charge in [-0.25, -0.2) is 4.79 Å². The van der Waals surface area contributed by atoms with E-state index in [1.165, 1.54) is 18.7 Å². The van der Waals surface area contributed by atoms with Crippen molar-refractivity contribution in [2.45, 2.75) is 43.6 Å². The molecule has 3 amide bonds. The van der Waals surface area contributed by atoms with E-state index in [2.05, 4.69) is 41.2 Å². The summed E-state index contributed by atoms with van der Waals surface area (Å²) in [5.74, 6) is -3.00. The van der Waals surface area contributed by atoms with Gasteiger partial charge >= 0.3 is 5.97 Å². The Morgan fingerprint density at radius 1 is 0.964 bits per heavy atom. The quantitative estimate of drug-likeness (QED) is 0.145. The summed E-state index contributed by atoms with van der Waals surface area (Å²) >= 11 is 9.45. The van der Waals surface area contributed by atoms with Crippen LogP contribution in [0.3, 0.4) is 0 Å². The third kappa shape index (κ3) is 9.37. The molecule has 0 aromatic rings. The highest BCUT2D eigenvalue weighted by Gasteiger charge is 2.29. The van der Waals surface area contributed by atoms with Gasteiger partial charge < -0.3 is 31.9 Å². The Hall–Kier alpha value is -1.15. The Labute approximate surface area is 179 Å². The molecule has 7 N–H and O–H groups in total. The second-order valence-electron chi connectivity index (χ2n) is 5.93. The third-order valence-electron chi connectivity index (χ3n) is 3.68. The largest absolute Gasteiger partial charge is 0.480 e. The van der Waals surface area contributed by atoms with E-state index in [1.54, 1.807) is 0 Å². The van der Waals surface area contributed by atoms with Crippen molar-refractivity contribution < 1.29 is 29.4 Å². The lowest BCUT2D eigenvalue weighted by Crippen LogP contribution is -2.59. The van der Waals surface area contributed by atoms with E-state index in [4.69, 9.17) is 5.73 Å². The summed E-state index contributed by atoms with van der Waals surface area (Å²) in [4.78, 5) is 47.8. The number of carbonyl (C=O) groups is 4. The molecule has 0 aliphatic heterocycles. The van der Waals surface area contributed by atoms with Gasteiger partial charge in [0.05, 0.1) is 6.10 Å². The first-order chi connectivity index (χ1) is 13.1. The normalized spacial score (nSPS) is 16.2. The zero-order valence-electron chi connectivity index (χ0n) is 15.6. The summed E-state index contributed by atoms with van der Waals surface area (Å²) in [6.45, 7) is 1.33. The number of aliphatic hydroxyl groups excluding tert-OH is 1. The van der Waals surface area contributed by atoms with Gasteiger partial charge in [0.25, 0.3) is 0 Å². The first-order valence-electron chi connectivity index (χ1n) is 8.37. The van der Waals surface area contributed by atoms with Gasteiger partial charge in [0.15, 0.2) is 0 Å². The zero-order chi connectivity index (χ0) is 21.9. The van der Waals surface area contributed by atoms with Crippen LogP contribution >= 0.6 is 37.0 Å². The predicted octanol–water partition coefficient (Wildman–Crippen LogP) is -2.15. The van der Waals surface area contributed by atoms with Crippen molar-refractivity contribution in [3.8, 4) is 0 Å². The fraction of sp³-hybridized carbons (Fsp3) is 0.733. The second-order valence-corrected chi connectivity index (χ2v) is 7.65.